The minimum absolute atomic E-state index is 0.149. The molecule has 0 aliphatic heterocycles. The molecule has 0 amide bonds. The fourth-order valence-corrected chi connectivity index (χ4v) is 2.98. The average molecular weight is 226 g/mol. The standard InChI is InChI=1S/C15H18N2/c16-15(11-5-1-2-6-11)14-10-17-9-12-7-3-4-8-13(12)14/h3-4,7-11,15H,1-2,5-6,16H2. The molecule has 17 heavy (non-hydrogen) atoms. The number of benzene rings is 1. The highest BCUT2D eigenvalue weighted by molar-refractivity contribution is 5.85. The second kappa shape index (κ2) is 4.46. The van der Waals surface area contributed by atoms with E-state index in [1.165, 1.54) is 42.0 Å². The predicted molar refractivity (Wildman–Crippen MR) is 70.6 cm³/mol. The average Bonchev–Trinajstić information content (AvgIpc) is 2.91. The molecule has 1 unspecified atom stereocenters. The van der Waals surface area contributed by atoms with Gasteiger partial charge in [-0.15, -0.1) is 0 Å². The molecule has 0 spiro atoms. The van der Waals surface area contributed by atoms with Crippen LogP contribution in [0.2, 0.25) is 0 Å². The second-order valence-electron chi connectivity index (χ2n) is 5.02. The van der Waals surface area contributed by atoms with Crippen LogP contribution < -0.4 is 5.73 Å². The highest BCUT2D eigenvalue weighted by Gasteiger charge is 2.24. The van der Waals surface area contributed by atoms with Gasteiger partial charge in [0.2, 0.25) is 0 Å². The zero-order valence-electron chi connectivity index (χ0n) is 9.97. The maximum atomic E-state index is 6.43. The Morgan fingerprint density at radius 1 is 1.12 bits per heavy atom. The Labute approximate surface area is 102 Å². The lowest BCUT2D eigenvalue weighted by Crippen LogP contribution is -2.19. The van der Waals surface area contributed by atoms with E-state index >= 15 is 0 Å². The van der Waals surface area contributed by atoms with Gasteiger partial charge in [-0.1, -0.05) is 37.1 Å². The van der Waals surface area contributed by atoms with Crippen molar-refractivity contribution in [1.29, 1.82) is 0 Å². The molecule has 2 nitrogen and oxygen atoms in total. The van der Waals surface area contributed by atoms with Gasteiger partial charge in [-0.05, 0) is 29.7 Å². The third-order valence-corrected chi connectivity index (χ3v) is 3.97. The third kappa shape index (κ3) is 1.93. The van der Waals surface area contributed by atoms with Crippen LogP contribution in [0, 0.1) is 5.92 Å². The Morgan fingerprint density at radius 2 is 1.88 bits per heavy atom. The molecular weight excluding hydrogens is 208 g/mol. The molecule has 0 bridgehead atoms. The lowest BCUT2D eigenvalue weighted by molar-refractivity contribution is 0.446. The van der Waals surface area contributed by atoms with Crippen molar-refractivity contribution in [3.05, 3.63) is 42.2 Å². The van der Waals surface area contributed by atoms with Crippen molar-refractivity contribution < 1.29 is 0 Å². The predicted octanol–water partition coefficient (Wildman–Crippen LogP) is 3.42. The van der Waals surface area contributed by atoms with Crippen molar-refractivity contribution in [2.24, 2.45) is 11.7 Å². The summed E-state index contributed by atoms with van der Waals surface area (Å²) in [6, 6.07) is 8.53. The summed E-state index contributed by atoms with van der Waals surface area (Å²) in [6.45, 7) is 0. The second-order valence-corrected chi connectivity index (χ2v) is 5.02. The first-order valence-electron chi connectivity index (χ1n) is 6.44. The zero-order valence-corrected chi connectivity index (χ0v) is 9.97. The monoisotopic (exact) mass is 226 g/mol. The molecule has 1 aromatic heterocycles. The molecule has 2 aromatic rings. The first-order chi connectivity index (χ1) is 8.36. The number of nitrogens with zero attached hydrogens (tertiary/aromatic N) is 1. The lowest BCUT2D eigenvalue weighted by Gasteiger charge is -2.20. The highest BCUT2D eigenvalue weighted by Crippen LogP contribution is 2.36. The number of pyridine rings is 1. The van der Waals surface area contributed by atoms with Gasteiger partial charge in [0.05, 0.1) is 0 Å². The van der Waals surface area contributed by atoms with E-state index in [9.17, 15) is 0 Å². The summed E-state index contributed by atoms with van der Waals surface area (Å²) in [6.07, 6.45) is 9.06. The summed E-state index contributed by atoms with van der Waals surface area (Å²) >= 11 is 0. The van der Waals surface area contributed by atoms with Crippen molar-refractivity contribution in [2.45, 2.75) is 31.7 Å². The molecule has 2 heteroatoms. The van der Waals surface area contributed by atoms with Crippen LogP contribution in [0.4, 0.5) is 0 Å². The molecule has 1 saturated carbocycles. The van der Waals surface area contributed by atoms with Crippen molar-refractivity contribution in [2.75, 3.05) is 0 Å². The first kappa shape index (κ1) is 10.7. The Morgan fingerprint density at radius 3 is 2.71 bits per heavy atom. The summed E-state index contributed by atoms with van der Waals surface area (Å²) in [5.41, 5.74) is 7.64. The van der Waals surface area contributed by atoms with Gasteiger partial charge in [0.15, 0.2) is 0 Å². The summed E-state index contributed by atoms with van der Waals surface area (Å²) < 4.78 is 0. The SMILES string of the molecule is NC(c1cncc2ccccc12)C1CCCC1. The van der Waals surface area contributed by atoms with E-state index in [4.69, 9.17) is 5.73 Å². The lowest BCUT2D eigenvalue weighted by atomic mass is 9.91. The quantitative estimate of drug-likeness (QED) is 0.852. The van der Waals surface area contributed by atoms with Gasteiger partial charge in [0, 0.05) is 23.8 Å². The molecule has 1 aliphatic rings. The van der Waals surface area contributed by atoms with Crippen LogP contribution in [0.15, 0.2) is 36.7 Å². The van der Waals surface area contributed by atoms with Gasteiger partial charge in [-0.2, -0.15) is 0 Å². The van der Waals surface area contributed by atoms with Crippen molar-refractivity contribution in [3.63, 3.8) is 0 Å². The van der Waals surface area contributed by atoms with Gasteiger partial charge in [-0.3, -0.25) is 4.98 Å². The third-order valence-electron chi connectivity index (χ3n) is 3.97. The van der Waals surface area contributed by atoms with E-state index in [0.717, 1.165) is 0 Å². The summed E-state index contributed by atoms with van der Waals surface area (Å²) in [7, 11) is 0. The number of hydrogen-bond acceptors (Lipinski definition) is 2. The number of nitrogens with two attached hydrogens (primary N) is 1. The molecule has 2 N–H and O–H groups in total. The van der Waals surface area contributed by atoms with Crippen LogP contribution in [0.3, 0.4) is 0 Å². The molecule has 1 fully saturated rings. The molecule has 1 atom stereocenters. The molecule has 88 valence electrons. The number of fused-ring (bicyclic) bond motifs is 1. The molecule has 1 aromatic carbocycles. The molecule has 1 heterocycles. The van der Waals surface area contributed by atoms with Crippen molar-refractivity contribution >= 4 is 10.8 Å². The van der Waals surface area contributed by atoms with Crippen molar-refractivity contribution in [1.82, 2.24) is 4.98 Å². The normalized spacial score (nSPS) is 18.6. The Balaban J connectivity index is 2.04. The van der Waals surface area contributed by atoms with Gasteiger partial charge in [0.25, 0.3) is 0 Å². The van der Waals surface area contributed by atoms with E-state index in [-0.39, 0.29) is 6.04 Å². The Hall–Kier alpha value is -1.41. The molecular formula is C15H18N2. The van der Waals surface area contributed by atoms with E-state index in [2.05, 4.69) is 29.2 Å². The molecule has 0 radical (unpaired) electrons. The van der Waals surface area contributed by atoms with Crippen LogP contribution in [-0.4, -0.2) is 4.98 Å². The summed E-state index contributed by atoms with van der Waals surface area (Å²) in [5.74, 6) is 0.641. The molecule has 0 saturated heterocycles. The van der Waals surface area contributed by atoms with E-state index < -0.39 is 0 Å². The smallest absolute Gasteiger partial charge is 0.0346 e. The van der Waals surface area contributed by atoms with E-state index in [1.54, 1.807) is 0 Å². The minimum Gasteiger partial charge on any atom is -0.324 e. The van der Waals surface area contributed by atoms with Gasteiger partial charge >= 0.3 is 0 Å². The minimum atomic E-state index is 0.149. The zero-order chi connectivity index (χ0) is 11.7. The van der Waals surface area contributed by atoms with E-state index in [1.807, 2.05) is 12.4 Å². The van der Waals surface area contributed by atoms with Crippen LogP contribution in [0.25, 0.3) is 10.8 Å². The Bertz CT molecular complexity index is 510. The van der Waals surface area contributed by atoms with Gasteiger partial charge in [-0.25, -0.2) is 0 Å². The fourth-order valence-electron chi connectivity index (χ4n) is 2.98. The number of aromatic nitrogens is 1. The van der Waals surface area contributed by atoms with Crippen molar-refractivity contribution in [3.8, 4) is 0 Å². The fraction of sp³-hybridized carbons (Fsp3) is 0.400. The van der Waals surface area contributed by atoms with E-state index in [0.29, 0.717) is 5.92 Å². The van der Waals surface area contributed by atoms with Crippen LogP contribution in [0.1, 0.15) is 37.3 Å². The van der Waals surface area contributed by atoms with Gasteiger partial charge in [0.1, 0.15) is 0 Å². The van der Waals surface area contributed by atoms with Gasteiger partial charge < -0.3 is 5.73 Å². The molecule has 3 rings (SSSR count). The number of rotatable bonds is 2. The number of hydrogen-bond donors (Lipinski definition) is 1. The first-order valence-corrected chi connectivity index (χ1v) is 6.44. The van der Waals surface area contributed by atoms with Crippen LogP contribution in [-0.2, 0) is 0 Å². The topological polar surface area (TPSA) is 38.9 Å². The maximum Gasteiger partial charge on any atom is 0.0346 e. The maximum absolute atomic E-state index is 6.43. The Kier molecular flexibility index (Phi) is 2.81. The van der Waals surface area contributed by atoms with Crippen LogP contribution >= 0.6 is 0 Å². The summed E-state index contributed by atoms with van der Waals surface area (Å²) in [5, 5.41) is 2.46. The molecule has 1 aliphatic carbocycles. The highest BCUT2D eigenvalue weighted by atomic mass is 14.7. The largest absolute Gasteiger partial charge is 0.324 e. The summed E-state index contributed by atoms with van der Waals surface area (Å²) in [4.78, 5) is 4.33. The van der Waals surface area contributed by atoms with Crippen LogP contribution in [0.5, 0.6) is 0 Å².